The number of nitrogens with zero attached hydrogens (tertiary/aromatic N) is 3. The Labute approximate surface area is 139 Å². The first kappa shape index (κ1) is 15.0. The summed E-state index contributed by atoms with van der Waals surface area (Å²) < 4.78 is 5.32. The molecule has 0 aliphatic carbocycles. The number of amides is 4. The molecule has 4 rings (SSSR count). The zero-order valence-corrected chi connectivity index (χ0v) is 13.5. The molecular formula is C17H19N3O4. The normalized spacial score (nSPS) is 26.5. The van der Waals surface area contributed by atoms with Gasteiger partial charge in [0.2, 0.25) is 0 Å². The summed E-state index contributed by atoms with van der Waals surface area (Å²) in [5.74, 6) is 0.159. The number of para-hydroxylation sites is 2. The number of benzene rings is 1. The van der Waals surface area contributed by atoms with Crippen molar-refractivity contribution in [2.24, 2.45) is 0 Å². The van der Waals surface area contributed by atoms with Gasteiger partial charge in [0, 0.05) is 13.1 Å². The second-order valence-corrected chi connectivity index (χ2v) is 6.31. The number of rotatable bonds is 3. The number of carbonyl (C=O) groups excluding carboxylic acids is 3. The first-order valence-electron chi connectivity index (χ1n) is 8.21. The number of methoxy groups -OCH3 is 1. The lowest BCUT2D eigenvalue weighted by Gasteiger charge is -2.23. The molecule has 0 aromatic heterocycles. The van der Waals surface area contributed by atoms with Gasteiger partial charge in [0.15, 0.2) is 0 Å². The lowest BCUT2D eigenvalue weighted by Crippen LogP contribution is -2.46. The van der Waals surface area contributed by atoms with E-state index in [1.54, 1.807) is 23.0 Å². The number of fused-ring (bicyclic) bond motifs is 1. The van der Waals surface area contributed by atoms with Crippen LogP contribution in [0, 0.1) is 0 Å². The molecule has 4 amide bonds. The van der Waals surface area contributed by atoms with Crippen molar-refractivity contribution < 1.29 is 19.1 Å². The maximum atomic E-state index is 12.9. The minimum absolute atomic E-state index is 0.220. The number of hydrogen-bond donors (Lipinski definition) is 0. The molecule has 7 heteroatoms. The van der Waals surface area contributed by atoms with Crippen molar-refractivity contribution in [3.05, 3.63) is 24.3 Å². The molecule has 3 aliphatic heterocycles. The topological polar surface area (TPSA) is 70.2 Å². The van der Waals surface area contributed by atoms with Gasteiger partial charge in [-0.1, -0.05) is 12.1 Å². The first-order chi connectivity index (χ1) is 11.6. The van der Waals surface area contributed by atoms with Crippen molar-refractivity contribution in [3.63, 3.8) is 0 Å². The number of ether oxygens (including phenoxy) is 1. The van der Waals surface area contributed by atoms with Crippen molar-refractivity contribution in [2.75, 3.05) is 25.1 Å². The van der Waals surface area contributed by atoms with E-state index in [1.807, 2.05) is 18.2 Å². The minimum atomic E-state index is -0.708. The Morgan fingerprint density at radius 2 is 1.79 bits per heavy atom. The number of urea groups is 1. The van der Waals surface area contributed by atoms with E-state index >= 15 is 0 Å². The summed E-state index contributed by atoms with van der Waals surface area (Å²) in [4.78, 5) is 42.4. The number of imide groups is 1. The third kappa shape index (κ3) is 2.00. The van der Waals surface area contributed by atoms with Crippen LogP contribution < -0.4 is 9.64 Å². The van der Waals surface area contributed by atoms with Crippen LogP contribution in [0.15, 0.2) is 24.3 Å². The van der Waals surface area contributed by atoms with Gasteiger partial charge in [-0.2, -0.15) is 0 Å². The highest BCUT2D eigenvalue weighted by Crippen LogP contribution is 2.35. The summed E-state index contributed by atoms with van der Waals surface area (Å²) in [7, 11) is 1.55. The highest BCUT2D eigenvalue weighted by molar-refractivity contribution is 6.11. The predicted molar refractivity (Wildman–Crippen MR) is 85.7 cm³/mol. The molecule has 3 fully saturated rings. The maximum Gasteiger partial charge on any atom is 0.328 e. The monoisotopic (exact) mass is 329 g/mol. The summed E-state index contributed by atoms with van der Waals surface area (Å²) in [6.07, 6.45) is 2.00. The third-order valence-corrected chi connectivity index (χ3v) is 5.09. The summed E-state index contributed by atoms with van der Waals surface area (Å²) in [6, 6.07) is 5.88. The van der Waals surface area contributed by atoms with Gasteiger partial charge in [-0.3, -0.25) is 9.59 Å². The van der Waals surface area contributed by atoms with Gasteiger partial charge in [-0.15, -0.1) is 0 Å². The first-order valence-corrected chi connectivity index (χ1v) is 8.21. The highest BCUT2D eigenvalue weighted by atomic mass is 16.5. The Hall–Kier alpha value is -2.57. The van der Waals surface area contributed by atoms with Crippen LogP contribution in [0.4, 0.5) is 10.5 Å². The average Bonchev–Trinajstić information content (AvgIpc) is 3.27. The fourth-order valence-corrected chi connectivity index (χ4v) is 3.93. The van der Waals surface area contributed by atoms with E-state index in [4.69, 9.17) is 4.74 Å². The van der Waals surface area contributed by atoms with Crippen molar-refractivity contribution in [3.8, 4) is 5.75 Å². The smallest absolute Gasteiger partial charge is 0.328 e. The molecule has 1 unspecified atom stereocenters. The summed E-state index contributed by atoms with van der Waals surface area (Å²) in [6.45, 7) is 1.06. The summed E-state index contributed by atoms with van der Waals surface area (Å²) >= 11 is 0. The SMILES string of the molecule is COc1ccccc1N1CCC(N2C(=O)[C@H]3CCCN3C2=O)C1=O. The van der Waals surface area contributed by atoms with Crippen LogP contribution >= 0.6 is 0 Å². The van der Waals surface area contributed by atoms with Crippen molar-refractivity contribution in [1.29, 1.82) is 0 Å². The molecule has 3 saturated heterocycles. The zero-order chi connectivity index (χ0) is 16.8. The van der Waals surface area contributed by atoms with Gasteiger partial charge in [0.25, 0.3) is 11.8 Å². The van der Waals surface area contributed by atoms with E-state index in [0.717, 1.165) is 6.42 Å². The Kier molecular flexibility index (Phi) is 3.44. The van der Waals surface area contributed by atoms with Crippen molar-refractivity contribution in [2.45, 2.75) is 31.3 Å². The zero-order valence-electron chi connectivity index (χ0n) is 13.5. The third-order valence-electron chi connectivity index (χ3n) is 5.09. The molecule has 0 bridgehead atoms. The standard InChI is InChI=1S/C17H19N3O4/c1-24-14-7-3-2-5-11(14)18-10-8-13(15(18)21)20-16(22)12-6-4-9-19(12)17(20)23/h2-3,5,7,12-13H,4,6,8-10H2,1H3/t12-,13?/m1/s1. The molecule has 1 aromatic carbocycles. The van der Waals surface area contributed by atoms with E-state index in [1.165, 1.54) is 4.90 Å². The van der Waals surface area contributed by atoms with Crippen LogP contribution in [-0.4, -0.2) is 59.9 Å². The molecular weight excluding hydrogens is 310 g/mol. The Bertz CT molecular complexity index is 698. The predicted octanol–water partition coefficient (Wildman–Crippen LogP) is 1.23. The number of carbonyl (C=O) groups is 3. The van der Waals surface area contributed by atoms with Crippen LogP contribution in [0.5, 0.6) is 5.75 Å². The highest BCUT2D eigenvalue weighted by Gasteiger charge is 2.53. The van der Waals surface area contributed by atoms with Gasteiger partial charge >= 0.3 is 6.03 Å². The molecule has 24 heavy (non-hydrogen) atoms. The molecule has 0 N–H and O–H groups in total. The van der Waals surface area contributed by atoms with Crippen LogP contribution in [0.25, 0.3) is 0 Å². The molecule has 126 valence electrons. The Morgan fingerprint density at radius 3 is 2.54 bits per heavy atom. The molecule has 0 spiro atoms. The minimum Gasteiger partial charge on any atom is -0.495 e. The second-order valence-electron chi connectivity index (χ2n) is 6.31. The summed E-state index contributed by atoms with van der Waals surface area (Å²) in [5, 5.41) is 0. The molecule has 0 saturated carbocycles. The van der Waals surface area contributed by atoms with Gasteiger partial charge < -0.3 is 14.5 Å². The number of anilines is 1. The van der Waals surface area contributed by atoms with Crippen LogP contribution in [0.3, 0.4) is 0 Å². The molecule has 1 aromatic rings. The molecule has 3 aliphatic rings. The van der Waals surface area contributed by atoms with Gasteiger partial charge in [0.1, 0.15) is 17.8 Å². The van der Waals surface area contributed by atoms with Gasteiger partial charge in [0.05, 0.1) is 12.8 Å². The van der Waals surface area contributed by atoms with Crippen molar-refractivity contribution in [1.82, 2.24) is 9.80 Å². The second kappa shape index (κ2) is 5.51. The largest absolute Gasteiger partial charge is 0.495 e. The van der Waals surface area contributed by atoms with Crippen LogP contribution in [0.2, 0.25) is 0 Å². The quantitative estimate of drug-likeness (QED) is 0.782. The fourth-order valence-electron chi connectivity index (χ4n) is 3.93. The maximum absolute atomic E-state index is 12.9. The number of hydrogen-bond acceptors (Lipinski definition) is 4. The Balaban J connectivity index is 1.60. The molecule has 3 heterocycles. The lowest BCUT2D eigenvalue weighted by molar-refractivity contribution is -0.133. The lowest BCUT2D eigenvalue weighted by atomic mass is 10.1. The van der Waals surface area contributed by atoms with E-state index in [-0.39, 0.29) is 23.9 Å². The van der Waals surface area contributed by atoms with Crippen molar-refractivity contribution >= 4 is 23.5 Å². The van der Waals surface area contributed by atoms with E-state index in [2.05, 4.69) is 0 Å². The van der Waals surface area contributed by atoms with Crippen LogP contribution in [0.1, 0.15) is 19.3 Å². The molecule has 0 radical (unpaired) electrons. The van der Waals surface area contributed by atoms with E-state index in [0.29, 0.717) is 37.4 Å². The van der Waals surface area contributed by atoms with E-state index in [9.17, 15) is 14.4 Å². The summed E-state index contributed by atoms with van der Waals surface area (Å²) in [5.41, 5.74) is 0.673. The van der Waals surface area contributed by atoms with Gasteiger partial charge in [-0.25, -0.2) is 9.69 Å². The van der Waals surface area contributed by atoms with Gasteiger partial charge in [-0.05, 0) is 31.4 Å². The Morgan fingerprint density at radius 1 is 1.00 bits per heavy atom. The fraction of sp³-hybridized carbons (Fsp3) is 0.471. The molecule has 2 atom stereocenters. The van der Waals surface area contributed by atoms with E-state index < -0.39 is 6.04 Å². The van der Waals surface area contributed by atoms with Crippen LogP contribution in [-0.2, 0) is 9.59 Å². The average molecular weight is 329 g/mol. The molecule has 7 nitrogen and oxygen atoms in total.